The minimum absolute atomic E-state index is 0.108. The normalized spacial score (nSPS) is 16.5. The number of nitrogens with one attached hydrogen (secondary N) is 1. The Hall–Kier alpha value is -3.32. The molecule has 2 atom stereocenters. The molecule has 0 unspecified atom stereocenters. The highest BCUT2D eigenvalue weighted by molar-refractivity contribution is 7.92. The summed E-state index contributed by atoms with van der Waals surface area (Å²) in [4.78, 5) is 13.4. The summed E-state index contributed by atoms with van der Waals surface area (Å²) in [5.74, 6) is 0.0176. The lowest BCUT2D eigenvalue weighted by atomic mass is 10.0. The Morgan fingerprint density at radius 1 is 1.00 bits per heavy atom. The zero-order valence-electron chi connectivity index (χ0n) is 19.0. The van der Waals surface area contributed by atoms with Crippen LogP contribution in [0.3, 0.4) is 0 Å². The highest BCUT2D eigenvalue weighted by atomic mass is 32.2. The number of aryl methyl sites for hydroxylation is 2. The van der Waals surface area contributed by atoms with E-state index in [-0.39, 0.29) is 23.4 Å². The number of hydrogen-bond acceptors (Lipinski definition) is 4. The molecule has 1 heterocycles. The Balaban J connectivity index is 1.62. The lowest BCUT2D eigenvalue weighted by molar-refractivity contribution is -0.128. The van der Waals surface area contributed by atoms with E-state index in [4.69, 9.17) is 4.74 Å². The summed E-state index contributed by atoms with van der Waals surface area (Å²) in [5, 5.41) is 3.04. The third-order valence-electron chi connectivity index (χ3n) is 5.84. The Morgan fingerprint density at radius 2 is 1.61 bits per heavy atom. The van der Waals surface area contributed by atoms with Crippen LogP contribution in [0.1, 0.15) is 36.1 Å². The number of fused-ring (bicyclic) bond motifs is 1. The fourth-order valence-electron chi connectivity index (χ4n) is 3.89. The summed E-state index contributed by atoms with van der Waals surface area (Å²) in [6, 6.07) is 21.4. The average molecular weight is 465 g/mol. The average Bonchev–Trinajstić information content (AvgIpc) is 2.82. The van der Waals surface area contributed by atoms with E-state index in [1.165, 1.54) is 4.31 Å². The summed E-state index contributed by atoms with van der Waals surface area (Å²) in [7, 11) is -3.88. The molecule has 0 bridgehead atoms. The van der Waals surface area contributed by atoms with Crippen LogP contribution in [-0.4, -0.2) is 27.0 Å². The van der Waals surface area contributed by atoms with Gasteiger partial charge in [0, 0.05) is 0 Å². The van der Waals surface area contributed by atoms with E-state index < -0.39 is 16.1 Å². The summed E-state index contributed by atoms with van der Waals surface area (Å²) in [5.41, 5.74) is 3.53. The van der Waals surface area contributed by atoms with Crippen LogP contribution in [0.2, 0.25) is 0 Å². The minimum atomic E-state index is -3.88. The van der Waals surface area contributed by atoms with Gasteiger partial charge in [-0.15, -0.1) is 0 Å². The number of ether oxygens (including phenoxy) is 1. The van der Waals surface area contributed by atoms with E-state index in [1.54, 1.807) is 48.5 Å². The van der Waals surface area contributed by atoms with Crippen molar-refractivity contribution in [3.63, 3.8) is 0 Å². The van der Waals surface area contributed by atoms with Gasteiger partial charge in [-0.1, -0.05) is 66.6 Å². The van der Waals surface area contributed by atoms with Gasteiger partial charge in [0.15, 0.2) is 6.10 Å². The Kier molecular flexibility index (Phi) is 6.42. The third kappa shape index (κ3) is 4.73. The molecule has 0 saturated heterocycles. The molecule has 7 heteroatoms. The first-order chi connectivity index (χ1) is 15.8. The van der Waals surface area contributed by atoms with E-state index >= 15 is 0 Å². The molecule has 3 aromatic carbocycles. The number of hydrogen-bond donors (Lipinski definition) is 1. The van der Waals surface area contributed by atoms with Crippen LogP contribution in [0.4, 0.5) is 5.69 Å². The number of para-hydroxylation sites is 2. The van der Waals surface area contributed by atoms with Crippen molar-refractivity contribution < 1.29 is 17.9 Å². The number of benzene rings is 3. The number of sulfonamides is 1. The largest absolute Gasteiger partial charge is 0.476 e. The van der Waals surface area contributed by atoms with E-state index in [0.717, 1.165) is 16.7 Å². The van der Waals surface area contributed by atoms with Gasteiger partial charge in [-0.3, -0.25) is 9.10 Å². The van der Waals surface area contributed by atoms with Crippen LogP contribution in [0.5, 0.6) is 5.75 Å². The van der Waals surface area contributed by atoms with Gasteiger partial charge in [0.1, 0.15) is 5.75 Å². The summed E-state index contributed by atoms with van der Waals surface area (Å²) < 4.78 is 34.2. The van der Waals surface area contributed by atoms with Crippen molar-refractivity contribution in [1.29, 1.82) is 0 Å². The van der Waals surface area contributed by atoms with Gasteiger partial charge in [-0.05, 0) is 50.1 Å². The first-order valence-electron chi connectivity index (χ1n) is 11.0. The molecule has 0 spiro atoms. The van der Waals surface area contributed by atoms with Gasteiger partial charge in [0.05, 0.1) is 23.2 Å². The Morgan fingerprint density at radius 3 is 2.24 bits per heavy atom. The first-order valence-corrected chi connectivity index (χ1v) is 12.5. The smallest absolute Gasteiger partial charge is 0.264 e. The van der Waals surface area contributed by atoms with E-state index in [9.17, 15) is 13.2 Å². The molecule has 1 aliphatic heterocycles. The first kappa shape index (κ1) is 22.9. The van der Waals surface area contributed by atoms with Crippen LogP contribution in [0, 0.1) is 13.8 Å². The van der Waals surface area contributed by atoms with E-state index in [1.807, 2.05) is 45.0 Å². The van der Waals surface area contributed by atoms with E-state index in [2.05, 4.69) is 5.32 Å². The molecule has 1 amide bonds. The number of anilines is 1. The van der Waals surface area contributed by atoms with Gasteiger partial charge in [0.2, 0.25) is 0 Å². The lowest BCUT2D eigenvalue weighted by Crippen LogP contribution is -2.51. The van der Waals surface area contributed by atoms with Gasteiger partial charge in [-0.2, -0.15) is 0 Å². The molecule has 3 aromatic rings. The van der Waals surface area contributed by atoms with Crippen LogP contribution in [0.25, 0.3) is 0 Å². The molecule has 1 N–H and O–H groups in total. The van der Waals surface area contributed by atoms with Crippen molar-refractivity contribution in [2.24, 2.45) is 0 Å². The highest BCUT2D eigenvalue weighted by Crippen LogP contribution is 2.37. The molecule has 0 radical (unpaired) electrons. The molecular formula is C26H28N2O4S. The fraction of sp³-hybridized carbons (Fsp3) is 0.269. The Bertz CT molecular complexity index is 1240. The molecular weight excluding hydrogens is 436 g/mol. The van der Waals surface area contributed by atoms with Crippen molar-refractivity contribution in [2.75, 3.05) is 10.8 Å². The fourth-order valence-corrected chi connectivity index (χ4v) is 5.36. The zero-order chi connectivity index (χ0) is 23.6. The number of carbonyl (C=O) groups excluding carboxylic acids is 1. The summed E-state index contributed by atoms with van der Waals surface area (Å²) >= 11 is 0. The number of carbonyl (C=O) groups is 1. The SMILES string of the molecule is CC[C@H](NC(=O)[C@@H]1CN(S(=O)(=O)c2ccc(C)cc2)c2ccccc2O1)c1ccc(C)cc1. The van der Waals surface area contributed by atoms with E-state index in [0.29, 0.717) is 17.9 Å². The molecule has 0 saturated carbocycles. The third-order valence-corrected chi connectivity index (χ3v) is 7.63. The monoisotopic (exact) mass is 464 g/mol. The van der Waals surface area contributed by atoms with Crippen LogP contribution >= 0.6 is 0 Å². The minimum Gasteiger partial charge on any atom is -0.476 e. The van der Waals surface area contributed by atoms with Crippen LogP contribution in [0.15, 0.2) is 77.7 Å². The maximum atomic E-state index is 13.5. The van der Waals surface area contributed by atoms with Crippen LogP contribution < -0.4 is 14.4 Å². The quantitative estimate of drug-likeness (QED) is 0.582. The van der Waals surface area contributed by atoms with Gasteiger partial charge >= 0.3 is 0 Å². The zero-order valence-corrected chi connectivity index (χ0v) is 19.8. The molecule has 1 aliphatic rings. The molecule has 6 nitrogen and oxygen atoms in total. The molecule has 33 heavy (non-hydrogen) atoms. The number of nitrogens with zero attached hydrogens (tertiary/aromatic N) is 1. The molecule has 0 aliphatic carbocycles. The van der Waals surface area contributed by atoms with Gasteiger partial charge in [-0.25, -0.2) is 8.42 Å². The molecule has 0 aromatic heterocycles. The Labute approximate surface area is 195 Å². The molecule has 172 valence electrons. The standard InChI is InChI=1S/C26H28N2O4S/c1-4-22(20-13-9-18(2)10-14-20)27-26(29)25-17-28(23-7-5-6-8-24(23)32-25)33(30,31)21-15-11-19(3)12-16-21/h5-16,22,25H,4,17H2,1-3H3,(H,27,29)/t22-,25-/m0/s1. The number of amides is 1. The van der Waals surface area contributed by atoms with Crippen molar-refractivity contribution in [3.05, 3.63) is 89.5 Å². The second-order valence-corrected chi connectivity index (χ2v) is 10.2. The van der Waals surface area contributed by atoms with Gasteiger partial charge < -0.3 is 10.1 Å². The van der Waals surface area contributed by atoms with Gasteiger partial charge in [0.25, 0.3) is 15.9 Å². The highest BCUT2D eigenvalue weighted by Gasteiger charge is 2.37. The maximum Gasteiger partial charge on any atom is 0.264 e. The second kappa shape index (κ2) is 9.27. The summed E-state index contributed by atoms with van der Waals surface area (Å²) in [6.07, 6.45) is -0.275. The summed E-state index contributed by atoms with van der Waals surface area (Å²) in [6.45, 7) is 5.80. The van der Waals surface area contributed by atoms with Crippen molar-refractivity contribution in [2.45, 2.75) is 44.2 Å². The maximum absolute atomic E-state index is 13.5. The predicted octanol–water partition coefficient (Wildman–Crippen LogP) is 4.53. The molecule has 4 rings (SSSR count). The van der Waals surface area contributed by atoms with Crippen molar-refractivity contribution >= 4 is 21.6 Å². The van der Waals surface area contributed by atoms with Crippen molar-refractivity contribution in [3.8, 4) is 5.75 Å². The number of rotatable bonds is 6. The second-order valence-electron chi connectivity index (χ2n) is 8.30. The lowest BCUT2D eigenvalue weighted by Gasteiger charge is -2.35. The molecule has 0 fully saturated rings. The van der Waals surface area contributed by atoms with Crippen molar-refractivity contribution in [1.82, 2.24) is 5.32 Å². The predicted molar refractivity (Wildman–Crippen MR) is 129 cm³/mol. The topological polar surface area (TPSA) is 75.7 Å². The van der Waals surface area contributed by atoms with Crippen LogP contribution in [-0.2, 0) is 14.8 Å².